The maximum atomic E-state index is 15.6. The fourth-order valence-electron chi connectivity index (χ4n) is 6.59. The van der Waals surface area contributed by atoms with E-state index in [1.807, 2.05) is 0 Å². The molecule has 1 unspecified atom stereocenters. The lowest BCUT2D eigenvalue weighted by Gasteiger charge is -2.41. The molecule has 5 nitrogen and oxygen atoms in total. The Bertz CT molecular complexity index is 1540. The number of hydrogen-bond acceptors (Lipinski definition) is 3. The third-order valence-electron chi connectivity index (χ3n) is 8.86. The van der Waals surface area contributed by atoms with Gasteiger partial charge in [-0.1, -0.05) is 31.2 Å². The maximum Gasteiger partial charge on any atom is 0.416 e. The summed E-state index contributed by atoms with van der Waals surface area (Å²) in [6.07, 6.45) is -1.04. The zero-order chi connectivity index (χ0) is 31.8. The van der Waals surface area contributed by atoms with E-state index in [-0.39, 0.29) is 35.8 Å². The first-order valence-corrected chi connectivity index (χ1v) is 14.9. The Kier molecular flexibility index (Phi) is 9.00. The molecule has 44 heavy (non-hydrogen) atoms. The van der Waals surface area contributed by atoms with Crippen molar-refractivity contribution in [2.45, 2.75) is 71.1 Å². The monoisotopic (exact) mass is 613 g/mol. The number of hydrogen-bond donors (Lipinski definition) is 2. The highest BCUT2D eigenvalue weighted by molar-refractivity contribution is 5.98. The number of nitrogens with one attached hydrogen (secondary N) is 2. The smallest absolute Gasteiger partial charge is 0.380 e. The molecule has 1 heterocycles. The van der Waals surface area contributed by atoms with Crippen molar-refractivity contribution in [1.29, 1.82) is 0 Å². The number of anilines is 2. The van der Waals surface area contributed by atoms with Crippen LogP contribution in [0, 0.1) is 37.3 Å². The Hall–Kier alpha value is -3.95. The van der Waals surface area contributed by atoms with Gasteiger partial charge in [0.25, 0.3) is 5.91 Å². The minimum absolute atomic E-state index is 0.0132. The molecule has 5 rings (SSSR count). The van der Waals surface area contributed by atoms with Crippen LogP contribution in [-0.2, 0) is 11.0 Å². The molecular formula is C34H36F5N3O2. The Morgan fingerprint density at radius 1 is 0.909 bits per heavy atom. The second kappa shape index (κ2) is 12.6. The van der Waals surface area contributed by atoms with E-state index >= 15 is 4.39 Å². The average Bonchev–Trinajstić information content (AvgIpc) is 3.38. The van der Waals surface area contributed by atoms with Gasteiger partial charge < -0.3 is 15.5 Å². The zero-order valence-corrected chi connectivity index (χ0v) is 24.9. The summed E-state index contributed by atoms with van der Waals surface area (Å²) in [5.41, 5.74) is 0.0268. The SMILES string of the molecule is Cc1ccc(NC(=O)[C@H]2CCCN(C(=O)c3c(C)cccc3F)[C@H]2c2ccc(NC3CC[C@@H](C)C3)c(F)c2)cc1C(F)(F)F. The van der Waals surface area contributed by atoms with Gasteiger partial charge in [0.15, 0.2) is 0 Å². The van der Waals surface area contributed by atoms with E-state index < -0.39 is 47.1 Å². The number of carbonyl (C=O) groups excluding carboxylic acids is 2. The standard InChI is InChI=1S/C34H36F5N3O2/c1-19-9-12-23(16-19)40-29-14-11-22(17-28(29)36)31-25(32(43)41-24-13-10-20(2)26(18-24)34(37,38)39)7-5-15-42(31)33(44)30-21(3)6-4-8-27(30)35/h4,6,8,10-11,13-14,17-19,23,25,31,40H,5,7,9,12,15-16H2,1-3H3,(H,41,43)/t19-,23?,25+,31+/m1/s1. The second-order valence-electron chi connectivity index (χ2n) is 12.1. The van der Waals surface area contributed by atoms with Gasteiger partial charge in [-0.15, -0.1) is 0 Å². The number of benzene rings is 3. The van der Waals surface area contributed by atoms with Crippen LogP contribution in [0.2, 0.25) is 0 Å². The largest absolute Gasteiger partial charge is 0.416 e. The van der Waals surface area contributed by atoms with Gasteiger partial charge in [0.2, 0.25) is 5.91 Å². The fourth-order valence-corrected chi connectivity index (χ4v) is 6.59. The number of piperidine rings is 1. The number of rotatable bonds is 6. The molecule has 3 aromatic carbocycles. The van der Waals surface area contributed by atoms with Crippen LogP contribution in [0.25, 0.3) is 0 Å². The van der Waals surface area contributed by atoms with E-state index in [1.165, 1.54) is 42.2 Å². The molecule has 0 aromatic heterocycles. The fraction of sp³-hybridized carbons (Fsp3) is 0.412. The summed E-state index contributed by atoms with van der Waals surface area (Å²) in [4.78, 5) is 29.0. The van der Waals surface area contributed by atoms with Gasteiger partial charge in [-0.25, -0.2) is 8.78 Å². The van der Waals surface area contributed by atoms with Gasteiger partial charge in [0.1, 0.15) is 11.6 Å². The molecule has 1 saturated heterocycles. The zero-order valence-electron chi connectivity index (χ0n) is 24.9. The van der Waals surface area contributed by atoms with Crippen molar-refractivity contribution < 1.29 is 31.5 Å². The van der Waals surface area contributed by atoms with Crippen molar-refractivity contribution in [2.75, 3.05) is 17.2 Å². The number of halogens is 5. The van der Waals surface area contributed by atoms with E-state index in [2.05, 4.69) is 17.6 Å². The highest BCUT2D eigenvalue weighted by Gasteiger charge is 2.41. The van der Waals surface area contributed by atoms with Crippen LogP contribution in [0.15, 0.2) is 54.6 Å². The molecule has 2 amide bonds. The number of carbonyl (C=O) groups is 2. The van der Waals surface area contributed by atoms with Crippen LogP contribution in [0.4, 0.5) is 33.3 Å². The molecule has 2 N–H and O–H groups in total. The number of alkyl halides is 3. The van der Waals surface area contributed by atoms with Gasteiger partial charge >= 0.3 is 6.18 Å². The highest BCUT2D eigenvalue weighted by atomic mass is 19.4. The molecule has 2 fully saturated rings. The number of aryl methyl sites for hydroxylation is 2. The van der Waals surface area contributed by atoms with Gasteiger partial charge in [-0.2, -0.15) is 13.2 Å². The van der Waals surface area contributed by atoms with Crippen molar-refractivity contribution >= 4 is 23.2 Å². The van der Waals surface area contributed by atoms with Crippen molar-refractivity contribution in [3.63, 3.8) is 0 Å². The lowest BCUT2D eigenvalue weighted by Crippen LogP contribution is -2.46. The van der Waals surface area contributed by atoms with Crippen LogP contribution >= 0.6 is 0 Å². The molecule has 1 saturated carbocycles. The van der Waals surface area contributed by atoms with Crippen LogP contribution < -0.4 is 10.6 Å². The summed E-state index contributed by atoms with van der Waals surface area (Å²) in [5, 5.41) is 5.85. The van der Waals surface area contributed by atoms with Crippen molar-refractivity contribution in [3.8, 4) is 0 Å². The summed E-state index contributed by atoms with van der Waals surface area (Å²) < 4.78 is 71.2. The second-order valence-corrected chi connectivity index (χ2v) is 12.1. The first kappa shape index (κ1) is 31.5. The van der Waals surface area contributed by atoms with Crippen molar-refractivity contribution in [1.82, 2.24) is 4.90 Å². The maximum absolute atomic E-state index is 15.6. The average molecular weight is 614 g/mol. The van der Waals surface area contributed by atoms with Crippen LogP contribution in [0.3, 0.4) is 0 Å². The van der Waals surface area contributed by atoms with Gasteiger partial charge in [-0.05, 0) is 98.9 Å². The molecule has 3 aromatic rings. The van der Waals surface area contributed by atoms with E-state index in [9.17, 15) is 27.2 Å². The summed E-state index contributed by atoms with van der Waals surface area (Å²) in [6, 6.07) is 11.5. The number of likely N-dealkylation sites (tertiary alicyclic amines) is 1. The quantitative estimate of drug-likeness (QED) is 0.275. The lowest BCUT2D eigenvalue weighted by atomic mass is 9.83. The van der Waals surface area contributed by atoms with Crippen LogP contribution in [0.5, 0.6) is 0 Å². The molecular weight excluding hydrogens is 577 g/mol. The summed E-state index contributed by atoms with van der Waals surface area (Å²) in [7, 11) is 0. The molecule has 1 aliphatic carbocycles. The van der Waals surface area contributed by atoms with Crippen LogP contribution in [0.1, 0.15) is 77.7 Å². The van der Waals surface area contributed by atoms with E-state index in [4.69, 9.17) is 0 Å². The van der Waals surface area contributed by atoms with Gasteiger partial charge in [0.05, 0.1) is 28.8 Å². The summed E-state index contributed by atoms with van der Waals surface area (Å²) in [6.45, 7) is 5.28. The third-order valence-corrected chi connectivity index (χ3v) is 8.86. The lowest BCUT2D eigenvalue weighted by molar-refractivity contribution is -0.138. The van der Waals surface area contributed by atoms with Gasteiger partial charge in [-0.3, -0.25) is 9.59 Å². The van der Waals surface area contributed by atoms with Gasteiger partial charge in [0, 0.05) is 18.3 Å². The van der Waals surface area contributed by atoms with Crippen molar-refractivity contribution in [2.24, 2.45) is 11.8 Å². The first-order chi connectivity index (χ1) is 20.8. The number of nitrogens with zero attached hydrogens (tertiary/aromatic N) is 1. The minimum atomic E-state index is -4.61. The normalized spacial score (nSPS) is 22.1. The first-order valence-electron chi connectivity index (χ1n) is 14.9. The molecule has 10 heteroatoms. The molecule has 1 aliphatic heterocycles. The van der Waals surface area contributed by atoms with E-state index in [0.29, 0.717) is 29.2 Å². The molecule has 0 radical (unpaired) electrons. The molecule has 4 atom stereocenters. The Morgan fingerprint density at radius 3 is 2.34 bits per heavy atom. The predicted molar refractivity (Wildman–Crippen MR) is 159 cm³/mol. The summed E-state index contributed by atoms with van der Waals surface area (Å²) >= 11 is 0. The van der Waals surface area contributed by atoms with Crippen LogP contribution in [-0.4, -0.2) is 29.3 Å². The molecule has 234 valence electrons. The highest BCUT2D eigenvalue weighted by Crippen LogP contribution is 2.40. The third kappa shape index (κ3) is 6.59. The Labute approximate surface area is 253 Å². The predicted octanol–water partition coefficient (Wildman–Crippen LogP) is 8.43. The topological polar surface area (TPSA) is 61.4 Å². The molecule has 0 bridgehead atoms. The molecule has 0 spiro atoms. The Balaban J connectivity index is 1.50. The minimum Gasteiger partial charge on any atom is -0.380 e. The molecule has 2 aliphatic rings. The van der Waals surface area contributed by atoms with E-state index in [0.717, 1.165) is 25.3 Å². The summed E-state index contributed by atoms with van der Waals surface area (Å²) in [5.74, 6) is -2.91. The van der Waals surface area contributed by atoms with Crippen molar-refractivity contribution in [3.05, 3.63) is 94.0 Å². The number of amides is 2. The van der Waals surface area contributed by atoms with E-state index in [1.54, 1.807) is 25.1 Å². The Morgan fingerprint density at radius 2 is 1.68 bits per heavy atom.